The van der Waals surface area contributed by atoms with Gasteiger partial charge in [0.25, 0.3) is 0 Å². The SMILES string of the molecule is C.COC1(c2cc(SNC(=O)Nc3c(C(C)C)cc(F)cc3C(C)C)nn2C)COC1. The number of ether oxygens (including phenoxy) is 2. The lowest BCUT2D eigenvalue weighted by Gasteiger charge is -2.39. The fraction of sp³-hybridized carbons (Fsp3) is 0.545. The van der Waals surface area contributed by atoms with Gasteiger partial charge in [0, 0.05) is 31.8 Å². The summed E-state index contributed by atoms with van der Waals surface area (Å²) in [4.78, 5) is 12.6. The summed E-state index contributed by atoms with van der Waals surface area (Å²) in [5.41, 5.74) is 2.60. The second kappa shape index (κ2) is 10.0. The van der Waals surface area contributed by atoms with E-state index in [2.05, 4.69) is 15.1 Å². The van der Waals surface area contributed by atoms with E-state index in [1.165, 1.54) is 12.1 Å². The van der Waals surface area contributed by atoms with Crippen LogP contribution in [0.15, 0.2) is 23.2 Å². The number of nitrogens with one attached hydrogen (secondary N) is 2. The average Bonchev–Trinajstić information content (AvgIpc) is 3.01. The highest BCUT2D eigenvalue weighted by atomic mass is 32.2. The molecule has 0 aliphatic carbocycles. The van der Waals surface area contributed by atoms with Crippen molar-refractivity contribution >= 4 is 23.7 Å². The maximum Gasteiger partial charge on any atom is 0.329 e. The zero-order valence-corrected chi connectivity index (χ0v) is 19.0. The molecule has 0 bridgehead atoms. The van der Waals surface area contributed by atoms with E-state index in [4.69, 9.17) is 9.47 Å². The first-order valence-corrected chi connectivity index (χ1v) is 10.7. The van der Waals surface area contributed by atoms with Crippen LogP contribution >= 0.6 is 11.9 Å². The van der Waals surface area contributed by atoms with Gasteiger partial charge in [-0.3, -0.25) is 9.40 Å². The summed E-state index contributed by atoms with van der Waals surface area (Å²) in [7, 11) is 3.48. The number of halogens is 1. The van der Waals surface area contributed by atoms with E-state index in [1.54, 1.807) is 11.8 Å². The molecule has 1 fully saturated rings. The lowest BCUT2D eigenvalue weighted by molar-refractivity contribution is -0.206. The molecule has 1 aromatic heterocycles. The van der Waals surface area contributed by atoms with Crippen molar-refractivity contribution in [2.45, 2.75) is 57.6 Å². The number of carbonyl (C=O) groups is 1. The Morgan fingerprint density at radius 3 is 2.26 bits per heavy atom. The molecule has 2 N–H and O–H groups in total. The number of methoxy groups -OCH3 is 1. The summed E-state index contributed by atoms with van der Waals surface area (Å²) in [5.74, 6) is -0.167. The van der Waals surface area contributed by atoms with Crippen molar-refractivity contribution in [3.8, 4) is 0 Å². The van der Waals surface area contributed by atoms with E-state index in [9.17, 15) is 9.18 Å². The van der Waals surface area contributed by atoms with E-state index in [1.807, 2.05) is 40.8 Å². The van der Waals surface area contributed by atoms with Crippen molar-refractivity contribution < 1.29 is 18.7 Å². The highest BCUT2D eigenvalue weighted by Crippen LogP contribution is 2.35. The predicted molar refractivity (Wildman–Crippen MR) is 122 cm³/mol. The van der Waals surface area contributed by atoms with Crippen molar-refractivity contribution in [3.63, 3.8) is 0 Å². The van der Waals surface area contributed by atoms with Gasteiger partial charge in [0.15, 0.2) is 5.60 Å². The smallest absolute Gasteiger partial charge is 0.329 e. The maximum absolute atomic E-state index is 14.1. The molecule has 1 aliphatic rings. The van der Waals surface area contributed by atoms with Gasteiger partial charge in [0.1, 0.15) is 10.8 Å². The van der Waals surface area contributed by atoms with Gasteiger partial charge >= 0.3 is 6.03 Å². The molecule has 1 aliphatic heterocycles. The summed E-state index contributed by atoms with van der Waals surface area (Å²) < 4.78 is 29.5. The monoisotopic (exact) mass is 452 g/mol. The normalized spacial score (nSPS) is 14.9. The fourth-order valence-corrected chi connectivity index (χ4v) is 4.10. The largest absolute Gasteiger partial charge is 0.374 e. The van der Waals surface area contributed by atoms with Gasteiger partial charge in [-0.25, -0.2) is 9.18 Å². The van der Waals surface area contributed by atoms with E-state index in [0.29, 0.717) is 23.9 Å². The maximum atomic E-state index is 14.1. The first kappa shape index (κ1) is 25.2. The molecule has 2 amide bonds. The van der Waals surface area contributed by atoms with Crippen LogP contribution in [0.1, 0.15) is 63.8 Å². The number of urea groups is 1. The molecule has 1 aromatic carbocycles. The van der Waals surface area contributed by atoms with Crippen LogP contribution in [0.5, 0.6) is 0 Å². The molecule has 0 radical (unpaired) electrons. The van der Waals surface area contributed by atoms with E-state index < -0.39 is 11.6 Å². The molecule has 3 rings (SSSR count). The molecule has 2 heterocycles. The van der Waals surface area contributed by atoms with Gasteiger partial charge in [0.05, 0.1) is 18.9 Å². The summed E-state index contributed by atoms with van der Waals surface area (Å²) in [6, 6.07) is 4.45. The minimum absolute atomic E-state index is 0. The predicted octanol–water partition coefficient (Wildman–Crippen LogP) is 5.14. The topological polar surface area (TPSA) is 77.4 Å². The fourth-order valence-electron chi connectivity index (χ4n) is 3.52. The number of anilines is 1. The Morgan fingerprint density at radius 2 is 1.81 bits per heavy atom. The van der Waals surface area contributed by atoms with Gasteiger partial charge in [-0.1, -0.05) is 35.1 Å². The van der Waals surface area contributed by atoms with Crippen molar-refractivity contribution in [2.75, 3.05) is 25.6 Å². The van der Waals surface area contributed by atoms with Crippen LogP contribution in [0.2, 0.25) is 0 Å². The summed E-state index contributed by atoms with van der Waals surface area (Å²) in [6.07, 6.45) is 0. The Labute approximate surface area is 188 Å². The molecule has 0 saturated carbocycles. The van der Waals surface area contributed by atoms with Crippen molar-refractivity contribution in [3.05, 3.63) is 40.8 Å². The zero-order chi connectivity index (χ0) is 22.1. The molecule has 0 spiro atoms. The van der Waals surface area contributed by atoms with Crippen molar-refractivity contribution in [2.24, 2.45) is 7.05 Å². The van der Waals surface area contributed by atoms with Gasteiger partial charge in [0.2, 0.25) is 0 Å². The lowest BCUT2D eigenvalue weighted by atomic mass is 9.92. The van der Waals surface area contributed by atoms with Crippen LogP contribution in [0, 0.1) is 5.82 Å². The van der Waals surface area contributed by atoms with E-state index in [-0.39, 0.29) is 25.1 Å². The van der Waals surface area contributed by atoms with Gasteiger partial charge in [-0.2, -0.15) is 5.10 Å². The summed E-state index contributed by atoms with van der Waals surface area (Å²) in [6.45, 7) is 8.84. The molecule has 7 nitrogen and oxygen atoms in total. The molecule has 172 valence electrons. The number of nitrogens with zero attached hydrogens (tertiary/aromatic N) is 2. The van der Waals surface area contributed by atoms with Crippen molar-refractivity contribution in [1.82, 2.24) is 14.5 Å². The van der Waals surface area contributed by atoms with Gasteiger partial charge < -0.3 is 14.8 Å². The number of carbonyl (C=O) groups excluding carboxylic acids is 1. The number of amides is 2. The second-order valence-corrected chi connectivity index (χ2v) is 8.94. The van der Waals surface area contributed by atoms with Crippen LogP contribution in [-0.4, -0.2) is 36.1 Å². The molecule has 9 heteroatoms. The van der Waals surface area contributed by atoms with Crippen LogP contribution < -0.4 is 10.0 Å². The van der Waals surface area contributed by atoms with Crippen LogP contribution in [0.3, 0.4) is 0 Å². The van der Waals surface area contributed by atoms with Gasteiger partial charge in [-0.05, 0) is 41.2 Å². The first-order chi connectivity index (χ1) is 14.2. The third-order valence-corrected chi connectivity index (χ3v) is 5.98. The summed E-state index contributed by atoms with van der Waals surface area (Å²) in [5, 5.41) is 7.99. The second-order valence-electron chi connectivity index (χ2n) is 8.11. The number of hydrogen-bond donors (Lipinski definition) is 2. The minimum atomic E-state index is -0.491. The molecule has 0 unspecified atom stereocenters. The molecule has 0 atom stereocenters. The first-order valence-electron chi connectivity index (χ1n) is 9.91. The highest BCUT2D eigenvalue weighted by molar-refractivity contribution is 7.97. The number of aromatic nitrogens is 2. The Balaban J connectivity index is 0.00000341. The Morgan fingerprint density at radius 1 is 1.23 bits per heavy atom. The zero-order valence-electron chi connectivity index (χ0n) is 18.2. The Hall–Kier alpha value is -2.10. The highest BCUT2D eigenvalue weighted by Gasteiger charge is 2.43. The van der Waals surface area contributed by atoms with Crippen LogP contribution in [-0.2, 0) is 22.1 Å². The lowest BCUT2D eigenvalue weighted by Crippen LogP contribution is -2.49. The van der Waals surface area contributed by atoms with E-state index in [0.717, 1.165) is 28.8 Å². The number of benzene rings is 1. The molecule has 2 aromatic rings. The molecular formula is C22H33FN4O3S. The third-order valence-electron chi connectivity index (χ3n) is 5.28. The molecule has 31 heavy (non-hydrogen) atoms. The minimum Gasteiger partial charge on any atom is -0.374 e. The van der Waals surface area contributed by atoms with Gasteiger partial charge in [-0.15, -0.1) is 0 Å². The number of rotatable bonds is 7. The quantitative estimate of drug-likeness (QED) is 0.569. The third kappa shape index (κ3) is 5.22. The number of aryl methyl sites for hydroxylation is 1. The number of hydrogen-bond acceptors (Lipinski definition) is 5. The average molecular weight is 453 g/mol. The Kier molecular flexibility index (Phi) is 8.13. The van der Waals surface area contributed by atoms with Crippen LogP contribution in [0.4, 0.5) is 14.9 Å². The standard InChI is InChI=1S/C21H29FN4O3S.CH4/c1-12(2)15-7-14(22)8-16(13(3)4)19(15)23-20(27)25-30-18-9-17(26(5)24-18)21(28-6)10-29-11-21;/h7-9,12-13H,10-11H2,1-6H3,(H2,23,25,27);1H4. The van der Waals surface area contributed by atoms with E-state index >= 15 is 0 Å². The summed E-state index contributed by atoms with van der Waals surface area (Å²) >= 11 is 1.11. The van der Waals surface area contributed by atoms with Crippen LogP contribution in [0.25, 0.3) is 0 Å². The van der Waals surface area contributed by atoms with Crippen molar-refractivity contribution in [1.29, 1.82) is 0 Å². The Bertz CT molecular complexity index is 891. The molecular weight excluding hydrogens is 419 g/mol. The molecule has 1 saturated heterocycles.